The zero-order valence-corrected chi connectivity index (χ0v) is 13.5. The van der Waals surface area contributed by atoms with Gasteiger partial charge in [-0.1, -0.05) is 5.16 Å². The van der Waals surface area contributed by atoms with Gasteiger partial charge >= 0.3 is 0 Å². The Hall–Kier alpha value is -2.51. The first-order valence-corrected chi connectivity index (χ1v) is 7.85. The molecule has 4 rings (SSSR count). The standard InChI is InChI=1S/C15H19N7O/c1-9-10(2)18-15-16-8-17-22(15)14(9)21-6-4-5-12(7-21)13-19-11(3)23-20-13/h8,12H,4-7H2,1-3H3/t12-/m1/s1. The van der Waals surface area contributed by atoms with E-state index in [0.717, 1.165) is 48.8 Å². The topological polar surface area (TPSA) is 85.2 Å². The SMILES string of the molecule is Cc1nc([C@@H]2CCCN(c3c(C)c(C)nc4ncnn34)C2)no1. The van der Waals surface area contributed by atoms with Crippen LogP contribution < -0.4 is 4.90 Å². The molecule has 1 aliphatic rings. The lowest BCUT2D eigenvalue weighted by Gasteiger charge is -2.34. The highest BCUT2D eigenvalue weighted by Crippen LogP contribution is 2.30. The Bertz CT molecular complexity index is 853. The molecule has 0 N–H and O–H groups in total. The second-order valence-electron chi connectivity index (χ2n) is 6.07. The molecule has 0 unspecified atom stereocenters. The lowest BCUT2D eigenvalue weighted by atomic mass is 9.97. The van der Waals surface area contributed by atoms with E-state index in [4.69, 9.17) is 4.52 Å². The van der Waals surface area contributed by atoms with Crippen LogP contribution in [0.25, 0.3) is 5.78 Å². The third-order valence-corrected chi connectivity index (χ3v) is 4.51. The molecule has 23 heavy (non-hydrogen) atoms. The Morgan fingerprint density at radius 1 is 1.22 bits per heavy atom. The van der Waals surface area contributed by atoms with Crippen molar-refractivity contribution in [2.75, 3.05) is 18.0 Å². The average molecular weight is 313 g/mol. The minimum atomic E-state index is 0.271. The van der Waals surface area contributed by atoms with Crippen molar-refractivity contribution >= 4 is 11.6 Å². The summed E-state index contributed by atoms with van der Waals surface area (Å²) in [5.74, 6) is 3.39. The fourth-order valence-corrected chi connectivity index (χ4v) is 3.25. The second kappa shape index (κ2) is 5.29. The summed E-state index contributed by atoms with van der Waals surface area (Å²) in [6, 6.07) is 0. The lowest BCUT2D eigenvalue weighted by molar-refractivity contribution is 0.376. The second-order valence-corrected chi connectivity index (χ2v) is 6.07. The van der Waals surface area contributed by atoms with Crippen LogP contribution in [0.5, 0.6) is 0 Å². The number of hydrogen-bond donors (Lipinski definition) is 0. The van der Waals surface area contributed by atoms with E-state index in [0.29, 0.717) is 11.7 Å². The Balaban J connectivity index is 1.73. The van der Waals surface area contributed by atoms with Gasteiger partial charge in [0.1, 0.15) is 12.1 Å². The van der Waals surface area contributed by atoms with Crippen molar-refractivity contribution < 1.29 is 4.52 Å². The van der Waals surface area contributed by atoms with Crippen LogP contribution in [0.4, 0.5) is 5.82 Å². The first-order chi connectivity index (χ1) is 11.1. The Morgan fingerprint density at radius 3 is 2.87 bits per heavy atom. The molecule has 0 bridgehead atoms. The summed E-state index contributed by atoms with van der Waals surface area (Å²) in [4.78, 5) is 15.5. The van der Waals surface area contributed by atoms with Gasteiger partial charge in [0.15, 0.2) is 5.82 Å². The maximum absolute atomic E-state index is 5.14. The minimum absolute atomic E-state index is 0.271. The fourth-order valence-electron chi connectivity index (χ4n) is 3.25. The van der Waals surface area contributed by atoms with E-state index in [9.17, 15) is 0 Å². The third kappa shape index (κ3) is 2.34. The number of nitrogens with zero attached hydrogens (tertiary/aromatic N) is 7. The van der Waals surface area contributed by atoms with E-state index in [1.165, 1.54) is 0 Å². The molecule has 4 heterocycles. The smallest absolute Gasteiger partial charge is 0.254 e. The van der Waals surface area contributed by atoms with Crippen molar-refractivity contribution in [2.24, 2.45) is 0 Å². The molecule has 1 aliphatic heterocycles. The van der Waals surface area contributed by atoms with Crippen LogP contribution in [0.3, 0.4) is 0 Å². The normalized spacial score (nSPS) is 18.7. The number of fused-ring (bicyclic) bond motifs is 1. The number of aromatic nitrogens is 6. The molecule has 0 saturated carbocycles. The highest BCUT2D eigenvalue weighted by Gasteiger charge is 2.28. The van der Waals surface area contributed by atoms with Gasteiger partial charge < -0.3 is 9.42 Å². The first-order valence-electron chi connectivity index (χ1n) is 7.85. The molecular weight excluding hydrogens is 294 g/mol. The van der Waals surface area contributed by atoms with Gasteiger partial charge in [0.2, 0.25) is 5.89 Å². The van der Waals surface area contributed by atoms with Gasteiger partial charge in [0.05, 0.1) is 0 Å². The molecule has 0 aromatic carbocycles. The molecule has 120 valence electrons. The van der Waals surface area contributed by atoms with Crippen LogP contribution in [0.2, 0.25) is 0 Å². The first kappa shape index (κ1) is 14.1. The van der Waals surface area contributed by atoms with Gasteiger partial charge in [-0.3, -0.25) is 0 Å². The molecule has 1 saturated heterocycles. The van der Waals surface area contributed by atoms with Crippen LogP contribution in [0.1, 0.15) is 41.7 Å². The average Bonchev–Trinajstić information content (AvgIpc) is 3.17. The molecule has 3 aromatic heterocycles. The zero-order valence-electron chi connectivity index (χ0n) is 13.5. The van der Waals surface area contributed by atoms with E-state index in [1.54, 1.807) is 6.33 Å². The van der Waals surface area contributed by atoms with Gasteiger partial charge in [-0.25, -0.2) is 4.98 Å². The third-order valence-electron chi connectivity index (χ3n) is 4.51. The number of hydrogen-bond acceptors (Lipinski definition) is 7. The van der Waals surface area contributed by atoms with Crippen LogP contribution in [0, 0.1) is 20.8 Å². The number of piperidine rings is 1. The van der Waals surface area contributed by atoms with E-state index in [1.807, 2.05) is 18.4 Å². The minimum Gasteiger partial charge on any atom is -0.355 e. The van der Waals surface area contributed by atoms with Crippen molar-refractivity contribution in [2.45, 2.75) is 39.5 Å². The van der Waals surface area contributed by atoms with Gasteiger partial charge in [-0.15, -0.1) is 0 Å². The Morgan fingerprint density at radius 2 is 2.09 bits per heavy atom. The predicted molar refractivity (Wildman–Crippen MR) is 83.5 cm³/mol. The van der Waals surface area contributed by atoms with Crippen LogP contribution in [-0.4, -0.2) is 42.8 Å². The van der Waals surface area contributed by atoms with Crippen molar-refractivity contribution in [1.29, 1.82) is 0 Å². The van der Waals surface area contributed by atoms with Crippen molar-refractivity contribution in [3.8, 4) is 0 Å². The summed E-state index contributed by atoms with van der Waals surface area (Å²) in [6.45, 7) is 7.75. The maximum Gasteiger partial charge on any atom is 0.254 e. The summed E-state index contributed by atoms with van der Waals surface area (Å²) < 4.78 is 6.97. The number of anilines is 1. The number of aryl methyl sites for hydroxylation is 2. The largest absolute Gasteiger partial charge is 0.355 e. The Labute approximate surface area is 133 Å². The quantitative estimate of drug-likeness (QED) is 0.713. The fraction of sp³-hybridized carbons (Fsp3) is 0.533. The van der Waals surface area contributed by atoms with Gasteiger partial charge in [-0.05, 0) is 26.7 Å². The van der Waals surface area contributed by atoms with Gasteiger partial charge in [-0.2, -0.15) is 19.6 Å². The number of rotatable bonds is 2. The Kier molecular flexibility index (Phi) is 3.24. The van der Waals surface area contributed by atoms with E-state index in [-0.39, 0.29) is 5.92 Å². The molecule has 0 radical (unpaired) electrons. The summed E-state index contributed by atoms with van der Waals surface area (Å²) in [7, 11) is 0. The van der Waals surface area contributed by atoms with E-state index in [2.05, 4.69) is 37.0 Å². The van der Waals surface area contributed by atoms with Crippen LogP contribution >= 0.6 is 0 Å². The summed E-state index contributed by atoms with van der Waals surface area (Å²) in [5, 5.41) is 8.45. The summed E-state index contributed by atoms with van der Waals surface area (Å²) in [6.07, 6.45) is 3.70. The maximum atomic E-state index is 5.14. The molecular formula is C15H19N7O. The van der Waals surface area contributed by atoms with E-state index >= 15 is 0 Å². The molecule has 1 fully saturated rings. The molecule has 8 nitrogen and oxygen atoms in total. The van der Waals surface area contributed by atoms with Gasteiger partial charge in [0.25, 0.3) is 5.78 Å². The predicted octanol–water partition coefficient (Wildman–Crippen LogP) is 1.82. The summed E-state index contributed by atoms with van der Waals surface area (Å²) in [5.41, 5.74) is 2.12. The van der Waals surface area contributed by atoms with Crippen molar-refractivity contribution in [1.82, 2.24) is 29.7 Å². The molecule has 3 aromatic rings. The van der Waals surface area contributed by atoms with Crippen LogP contribution in [0.15, 0.2) is 10.9 Å². The molecule has 0 aliphatic carbocycles. The summed E-state index contributed by atoms with van der Waals surface area (Å²) >= 11 is 0. The molecule has 0 amide bonds. The highest BCUT2D eigenvalue weighted by atomic mass is 16.5. The molecule has 8 heteroatoms. The zero-order chi connectivity index (χ0) is 16.0. The van der Waals surface area contributed by atoms with E-state index < -0.39 is 0 Å². The molecule has 0 spiro atoms. The van der Waals surface area contributed by atoms with Gasteiger partial charge in [0, 0.05) is 37.2 Å². The molecule has 1 atom stereocenters. The monoisotopic (exact) mass is 313 g/mol. The van der Waals surface area contributed by atoms with Crippen molar-refractivity contribution in [3.63, 3.8) is 0 Å². The lowest BCUT2D eigenvalue weighted by Crippen LogP contribution is -2.36. The highest BCUT2D eigenvalue weighted by molar-refractivity contribution is 5.54. The van der Waals surface area contributed by atoms with Crippen LogP contribution in [-0.2, 0) is 0 Å². The van der Waals surface area contributed by atoms with Crippen molar-refractivity contribution in [3.05, 3.63) is 29.3 Å².